The molecule has 3 nitrogen and oxygen atoms in total. The second-order valence-electron chi connectivity index (χ2n) is 8.54. The summed E-state index contributed by atoms with van der Waals surface area (Å²) in [6, 6.07) is 0. The Bertz CT molecular complexity index is 365. The molecule has 0 saturated carbocycles. The lowest BCUT2D eigenvalue weighted by atomic mass is 10.0. The molecule has 28 heavy (non-hydrogen) atoms. The predicted molar refractivity (Wildman–Crippen MR) is 119 cm³/mol. The van der Waals surface area contributed by atoms with E-state index in [1.54, 1.807) is 0 Å². The van der Waals surface area contributed by atoms with Crippen molar-refractivity contribution < 1.29 is 14.3 Å². The minimum absolute atomic E-state index is 0.160. The summed E-state index contributed by atoms with van der Waals surface area (Å²) >= 11 is 0. The molecule has 0 heterocycles. The molecular weight excluding hydrogens is 348 g/mol. The lowest BCUT2D eigenvalue weighted by molar-refractivity contribution is -0.162. The van der Waals surface area contributed by atoms with Crippen LogP contribution in [-0.4, -0.2) is 11.9 Å². The van der Waals surface area contributed by atoms with Gasteiger partial charge in [0.05, 0.1) is 5.92 Å². The highest BCUT2D eigenvalue weighted by Gasteiger charge is 2.17. The van der Waals surface area contributed by atoms with Gasteiger partial charge in [-0.1, -0.05) is 124 Å². The number of hydrogen-bond donors (Lipinski definition) is 0. The molecular formula is C25H48O3. The first-order valence-corrected chi connectivity index (χ1v) is 12.4. The number of ether oxygens (including phenoxy) is 1. The maximum atomic E-state index is 11.9. The Morgan fingerprint density at radius 2 is 1.00 bits per heavy atom. The van der Waals surface area contributed by atoms with Gasteiger partial charge < -0.3 is 4.74 Å². The van der Waals surface area contributed by atoms with Crippen molar-refractivity contribution in [1.82, 2.24) is 0 Å². The number of rotatable bonds is 20. The molecule has 0 N–H and O–H groups in total. The maximum absolute atomic E-state index is 11.9. The number of unbranched alkanes of at least 4 members (excludes halogenated alkanes) is 15. The Morgan fingerprint density at radius 1 is 0.607 bits per heavy atom. The summed E-state index contributed by atoms with van der Waals surface area (Å²) < 4.78 is 4.98. The van der Waals surface area contributed by atoms with Gasteiger partial charge >= 0.3 is 11.9 Å². The van der Waals surface area contributed by atoms with Crippen molar-refractivity contribution in [3.8, 4) is 0 Å². The third-order valence-electron chi connectivity index (χ3n) is 5.59. The molecule has 0 spiro atoms. The highest BCUT2D eigenvalue weighted by molar-refractivity contribution is 5.86. The smallest absolute Gasteiger partial charge is 0.316 e. The number of carbonyl (C=O) groups is 2. The fourth-order valence-electron chi connectivity index (χ4n) is 3.55. The molecule has 166 valence electrons. The molecule has 0 aliphatic heterocycles. The van der Waals surface area contributed by atoms with Crippen LogP contribution >= 0.6 is 0 Å². The van der Waals surface area contributed by atoms with Crippen LogP contribution in [0.1, 0.15) is 143 Å². The largest absolute Gasteiger partial charge is 0.393 e. The van der Waals surface area contributed by atoms with Crippen molar-refractivity contribution in [1.29, 1.82) is 0 Å². The van der Waals surface area contributed by atoms with E-state index in [-0.39, 0.29) is 17.9 Å². The van der Waals surface area contributed by atoms with Crippen LogP contribution in [0, 0.1) is 5.92 Å². The molecule has 0 fully saturated rings. The van der Waals surface area contributed by atoms with E-state index in [4.69, 9.17) is 4.74 Å². The van der Waals surface area contributed by atoms with Gasteiger partial charge in [0, 0.05) is 6.42 Å². The van der Waals surface area contributed by atoms with E-state index in [9.17, 15) is 9.59 Å². The summed E-state index contributed by atoms with van der Waals surface area (Å²) in [6.45, 7) is 6.27. The first kappa shape index (κ1) is 27.1. The van der Waals surface area contributed by atoms with Crippen LogP contribution in [0.4, 0.5) is 0 Å². The molecule has 0 aromatic carbocycles. The van der Waals surface area contributed by atoms with Crippen LogP contribution in [0.25, 0.3) is 0 Å². The number of esters is 2. The van der Waals surface area contributed by atoms with E-state index in [0.29, 0.717) is 6.42 Å². The van der Waals surface area contributed by atoms with Crippen LogP contribution in [0.5, 0.6) is 0 Å². The summed E-state index contributed by atoms with van der Waals surface area (Å²) in [5.74, 6) is -0.843. The Labute approximate surface area is 175 Å². The van der Waals surface area contributed by atoms with Gasteiger partial charge in [-0.3, -0.25) is 9.59 Å². The van der Waals surface area contributed by atoms with Crippen molar-refractivity contribution in [2.75, 3.05) is 0 Å². The van der Waals surface area contributed by atoms with Crippen molar-refractivity contribution in [3.05, 3.63) is 0 Å². The van der Waals surface area contributed by atoms with Gasteiger partial charge in [-0.15, -0.1) is 0 Å². The van der Waals surface area contributed by atoms with Gasteiger partial charge in [0.1, 0.15) is 0 Å². The van der Waals surface area contributed by atoms with Crippen molar-refractivity contribution in [2.45, 2.75) is 143 Å². The minimum Gasteiger partial charge on any atom is -0.393 e. The van der Waals surface area contributed by atoms with Crippen molar-refractivity contribution in [3.63, 3.8) is 0 Å². The molecule has 1 unspecified atom stereocenters. The zero-order chi connectivity index (χ0) is 20.9. The van der Waals surface area contributed by atoms with E-state index in [1.165, 1.54) is 77.0 Å². The molecule has 1 atom stereocenters. The second kappa shape index (κ2) is 20.9. The van der Waals surface area contributed by atoms with Crippen LogP contribution in [0.15, 0.2) is 0 Å². The Morgan fingerprint density at radius 3 is 1.46 bits per heavy atom. The molecule has 0 aromatic rings. The van der Waals surface area contributed by atoms with Crippen molar-refractivity contribution in [2.24, 2.45) is 5.92 Å². The van der Waals surface area contributed by atoms with Crippen LogP contribution in [-0.2, 0) is 14.3 Å². The van der Waals surface area contributed by atoms with Crippen LogP contribution < -0.4 is 0 Å². The molecule has 0 saturated heterocycles. The van der Waals surface area contributed by atoms with E-state index in [1.807, 2.05) is 6.92 Å². The average Bonchev–Trinajstić information content (AvgIpc) is 2.68. The van der Waals surface area contributed by atoms with Crippen LogP contribution in [0.3, 0.4) is 0 Å². The zero-order valence-corrected chi connectivity index (χ0v) is 19.2. The monoisotopic (exact) mass is 396 g/mol. The summed E-state index contributed by atoms with van der Waals surface area (Å²) in [5.41, 5.74) is 0. The third kappa shape index (κ3) is 18.5. The normalized spacial score (nSPS) is 12.1. The van der Waals surface area contributed by atoms with Gasteiger partial charge in [0.25, 0.3) is 0 Å². The first-order chi connectivity index (χ1) is 13.6. The SMILES string of the molecule is CCCCCCCCCCCCCCCCC(=O)OC(=O)C(C)CCCCC. The van der Waals surface area contributed by atoms with E-state index < -0.39 is 0 Å². The number of hydrogen-bond acceptors (Lipinski definition) is 3. The topological polar surface area (TPSA) is 43.4 Å². The molecule has 0 bridgehead atoms. The number of carbonyl (C=O) groups excluding carboxylic acids is 2. The maximum Gasteiger partial charge on any atom is 0.316 e. The van der Waals surface area contributed by atoms with Gasteiger partial charge in [0.2, 0.25) is 0 Å². The van der Waals surface area contributed by atoms with Crippen LogP contribution in [0.2, 0.25) is 0 Å². The molecule has 0 amide bonds. The van der Waals surface area contributed by atoms with Gasteiger partial charge in [-0.25, -0.2) is 0 Å². The summed E-state index contributed by atoms with van der Waals surface area (Å²) in [7, 11) is 0. The standard InChI is InChI=1S/C25H48O3/c1-4-6-8-9-10-11-12-13-14-15-16-17-18-20-22-24(26)28-25(27)23(3)21-19-7-5-2/h23H,4-22H2,1-3H3. The zero-order valence-electron chi connectivity index (χ0n) is 19.2. The second-order valence-corrected chi connectivity index (χ2v) is 8.54. The summed E-state index contributed by atoms with van der Waals surface area (Å²) in [4.78, 5) is 23.6. The lowest BCUT2D eigenvalue weighted by Crippen LogP contribution is -2.19. The Balaban J connectivity index is 3.37. The molecule has 0 aliphatic rings. The minimum atomic E-state index is -0.341. The highest BCUT2D eigenvalue weighted by atomic mass is 16.6. The Kier molecular flexibility index (Phi) is 20.2. The molecule has 3 heteroatoms. The molecule has 0 rings (SSSR count). The average molecular weight is 397 g/mol. The quantitative estimate of drug-likeness (QED) is 0.118. The van der Waals surface area contributed by atoms with Crippen molar-refractivity contribution >= 4 is 11.9 Å². The van der Waals surface area contributed by atoms with Gasteiger partial charge in [-0.05, 0) is 12.8 Å². The van der Waals surface area contributed by atoms with E-state index in [0.717, 1.165) is 38.5 Å². The fraction of sp³-hybridized carbons (Fsp3) is 0.920. The van der Waals surface area contributed by atoms with E-state index in [2.05, 4.69) is 13.8 Å². The first-order valence-electron chi connectivity index (χ1n) is 12.4. The predicted octanol–water partition coefficient (Wildman–Crippen LogP) is 8.14. The molecule has 0 radical (unpaired) electrons. The van der Waals surface area contributed by atoms with Gasteiger partial charge in [-0.2, -0.15) is 0 Å². The summed E-state index contributed by atoms with van der Waals surface area (Å²) in [5, 5.41) is 0. The lowest BCUT2D eigenvalue weighted by Gasteiger charge is -2.09. The third-order valence-corrected chi connectivity index (χ3v) is 5.59. The fourth-order valence-corrected chi connectivity index (χ4v) is 3.55. The molecule has 0 aliphatic carbocycles. The molecule has 0 aromatic heterocycles. The van der Waals surface area contributed by atoms with E-state index >= 15 is 0 Å². The van der Waals surface area contributed by atoms with Gasteiger partial charge in [0.15, 0.2) is 0 Å². The highest BCUT2D eigenvalue weighted by Crippen LogP contribution is 2.14. The summed E-state index contributed by atoms with van der Waals surface area (Å²) in [6.07, 6.45) is 22.6. The Hall–Kier alpha value is -0.860.